The van der Waals surface area contributed by atoms with Crippen molar-refractivity contribution in [2.45, 2.75) is 19.8 Å². The summed E-state index contributed by atoms with van der Waals surface area (Å²) in [5.41, 5.74) is 0. The molecular weight excluding hydrogens is 130 g/mol. The van der Waals surface area contributed by atoms with E-state index in [1.165, 1.54) is 19.4 Å². The Hall–Kier alpha value is -0.570. The number of carboxylic acid groups (broad SMARTS) is 1. The highest BCUT2D eigenvalue weighted by Gasteiger charge is 1.83. The zero-order valence-electron chi connectivity index (χ0n) is 7.00. The van der Waals surface area contributed by atoms with Gasteiger partial charge in [-0.2, -0.15) is 0 Å². The first kappa shape index (κ1) is 12.1. The molecule has 0 radical (unpaired) electrons. The summed E-state index contributed by atoms with van der Waals surface area (Å²) < 4.78 is 0. The quantitative estimate of drug-likeness (QED) is 0.606. The molecule has 0 amide bonds. The van der Waals surface area contributed by atoms with Crippen LogP contribution < -0.4 is 0 Å². The van der Waals surface area contributed by atoms with Crippen LogP contribution in [0.25, 0.3) is 0 Å². The third-order valence-corrected chi connectivity index (χ3v) is 0.959. The molecule has 0 rings (SSSR count). The fourth-order valence-electron chi connectivity index (χ4n) is 0.474. The first-order chi connectivity index (χ1) is 4.68. The van der Waals surface area contributed by atoms with Crippen LogP contribution in [0.2, 0.25) is 0 Å². The standard InChI is InChI=1S/C6H15N.CH2O2/c1-4-5-6-7(2)3;2-1-3/h4-6H2,1-3H3;1H,(H,2,3). The van der Waals surface area contributed by atoms with Gasteiger partial charge in [0.15, 0.2) is 0 Å². The largest absolute Gasteiger partial charge is 0.483 e. The van der Waals surface area contributed by atoms with Gasteiger partial charge >= 0.3 is 0 Å². The van der Waals surface area contributed by atoms with Crippen molar-refractivity contribution in [3.63, 3.8) is 0 Å². The molecule has 10 heavy (non-hydrogen) atoms. The van der Waals surface area contributed by atoms with Crippen LogP contribution in [-0.4, -0.2) is 37.1 Å². The second kappa shape index (κ2) is 11.3. The molecule has 0 aliphatic carbocycles. The number of hydrogen-bond donors (Lipinski definition) is 1. The van der Waals surface area contributed by atoms with Crippen molar-refractivity contribution in [2.75, 3.05) is 20.6 Å². The number of hydrogen-bond acceptors (Lipinski definition) is 2. The van der Waals surface area contributed by atoms with Gasteiger partial charge in [0.25, 0.3) is 6.47 Å². The van der Waals surface area contributed by atoms with Crippen LogP contribution in [0.1, 0.15) is 19.8 Å². The summed E-state index contributed by atoms with van der Waals surface area (Å²) in [7, 11) is 4.21. The van der Waals surface area contributed by atoms with Crippen molar-refractivity contribution >= 4 is 6.47 Å². The molecule has 0 fully saturated rings. The summed E-state index contributed by atoms with van der Waals surface area (Å²) in [6.45, 7) is 3.19. The maximum atomic E-state index is 8.36. The number of nitrogens with zero attached hydrogens (tertiary/aromatic N) is 1. The lowest BCUT2D eigenvalue weighted by atomic mass is 10.3. The Kier molecular flexibility index (Phi) is 13.7. The minimum absolute atomic E-state index is 0.250. The fraction of sp³-hybridized carbons (Fsp3) is 0.857. The molecule has 0 aromatic rings. The van der Waals surface area contributed by atoms with Gasteiger partial charge in [-0.3, -0.25) is 4.79 Å². The Morgan fingerprint density at radius 2 is 1.90 bits per heavy atom. The third-order valence-electron chi connectivity index (χ3n) is 0.959. The summed E-state index contributed by atoms with van der Waals surface area (Å²) in [5, 5.41) is 6.89. The van der Waals surface area contributed by atoms with Crippen molar-refractivity contribution in [1.82, 2.24) is 4.90 Å². The minimum atomic E-state index is -0.250. The van der Waals surface area contributed by atoms with E-state index in [-0.39, 0.29) is 6.47 Å². The lowest BCUT2D eigenvalue weighted by molar-refractivity contribution is -0.122. The molecule has 0 bridgehead atoms. The summed E-state index contributed by atoms with van der Waals surface area (Å²) in [6, 6.07) is 0. The molecule has 0 aliphatic heterocycles. The van der Waals surface area contributed by atoms with Gasteiger partial charge in [-0.15, -0.1) is 0 Å². The van der Waals surface area contributed by atoms with E-state index in [1.807, 2.05) is 0 Å². The predicted octanol–water partition coefficient (Wildman–Crippen LogP) is 1.05. The zero-order valence-corrected chi connectivity index (χ0v) is 7.00. The monoisotopic (exact) mass is 147 g/mol. The lowest BCUT2D eigenvalue weighted by Crippen LogP contribution is -2.12. The van der Waals surface area contributed by atoms with Crippen molar-refractivity contribution in [3.8, 4) is 0 Å². The summed E-state index contributed by atoms with van der Waals surface area (Å²) >= 11 is 0. The van der Waals surface area contributed by atoms with Crippen molar-refractivity contribution in [1.29, 1.82) is 0 Å². The number of carbonyl (C=O) groups is 1. The van der Waals surface area contributed by atoms with E-state index >= 15 is 0 Å². The molecule has 0 saturated heterocycles. The molecule has 3 heteroatoms. The maximum Gasteiger partial charge on any atom is 0.290 e. The first-order valence-electron chi connectivity index (χ1n) is 3.41. The van der Waals surface area contributed by atoms with Gasteiger partial charge in [0.1, 0.15) is 0 Å². The minimum Gasteiger partial charge on any atom is -0.483 e. The van der Waals surface area contributed by atoms with Crippen LogP contribution in [-0.2, 0) is 4.79 Å². The zero-order chi connectivity index (χ0) is 8.41. The van der Waals surface area contributed by atoms with E-state index < -0.39 is 0 Å². The van der Waals surface area contributed by atoms with E-state index in [9.17, 15) is 0 Å². The van der Waals surface area contributed by atoms with Crippen molar-refractivity contribution in [3.05, 3.63) is 0 Å². The van der Waals surface area contributed by atoms with Crippen molar-refractivity contribution < 1.29 is 9.90 Å². The molecule has 0 saturated carbocycles. The summed E-state index contributed by atoms with van der Waals surface area (Å²) in [6.07, 6.45) is 2.63. The molecule has 62 valence electrons. The average molecular weight is 147 g/mol. The Morgan fingerprint density at radius 3 is 2.00 bits per heavy atom. The molecule has 0 aromatic heterocycles. The predicted molar refractivity (Wildman–Crippen MR) is 42.2 cm³/mol. The van der Waals surface area contributed by atoms with E-state index in [1.54, 1.807) is 0 Å². The van der Waals surface area contributed by atoms with Gasteiger partial charge in [-0.25, -0.2) is 0 Å². The van der Waals surface area contributed by atoms with Crippen LogP contribution in [0.5, 0.6) is 0 Å². The molecule has 3 nitrogen and oxygen atoms in total. The Labute approximate surface area is 62.7 Å². The second-order valence-corrected chi connectivity index (χ2v) is 2.26. The second-order valence-electron chi connectivity index (χ2n) is 2.26. The van der Waals surface area contributed by atoms with Crippen LogP contribution in [0.4, 0.5) is 0 Å². The normalized spacial score (nSPS) is 8.40. The molecule has 1 N–H and O–H groups in total. The molecule has 0 unspecified atom stereocenters. The smallest absolute Gasteiger partial charge is 0.290 e. The van der Waals surface area contributed by atoms with Gasteiger partial charge in [-0.05, 0) is 27.1 Å². The lowest BCUT2D eigenvalue weighted by Gasteiger charge is -2.05. The van der Waals surface area contributed by atoms with Gasteiger partial charge in [0.2, 0.25) is 0 Å². The summed E-state index contributed by atoms with van der Waals surface area (Å²) in [5.74, 6) is 0. The molecule has 0 aromatic carbocycles. The Morgan fingerprint density at radius 1 is 1.50 bits per heavy atom. The first-order valence-corrected chi connectivity index (χ1v) is 3.41. The Balaban J connectivity index is 0. The highest BCUT2D eigenvalue weighted by molar-refractivity contribution is 5.32. The van der Waals surface area contributed by atoms with E-state index in [0.717, 1.165) is 0 Å². The Bertz CT molecular complexity index is 64.6. The van der Waals surface area contributed by atoms with E-state index in [2.05, 4.69) is 25.9 Å². The molecular formula is C7H17NO2. The molecule has 0 aliphatic rings. The number of rotatable bonds is 3. The number of unbranched alkanes of at least 4 members (excludes halogenated alkanes) is 1. The van der Waals surface area contributed by atoms with Crippen LogP contribution in [0.15, 0.2) is 0 Å². The van der Waals surface area contributed by atoms with E-state index in [4.69, 9.17) is 9.90 Å². The SMILES string of the molecule is CCCCN(C)C.O=CO. The fourth-order valence-corrected chi connectivity index (χ4v) is 0.474. The van der Waals surface area contributed by atoms with Crippen LogP contribution in [0, 0.1) is 0 Å². The van der Waals surface area contributed by atoms with E-state index in [0.29, 0.717) is 0 Å². The third kappa shape index (κ3) is 26.1. The van der Waals surface area contributed by atoms with Crippen LogP contribution >= 0.6 is 0 Å². The van der Waals surface area contributed by atoms with Crippen molar-refractivity contribution in [2.24, 2.45) is 0 Å². The maximum absolute atomic E-state index is 8.36. The van der Waals surface area contributed by atoms with Gasteiger partial charge in [0, 0.05) is 0 Å². The van der Waals surface area contributed by atoms with Crippen LogP contribution in [0.3, 0.4) is 0 Å². The topological polar surface area (TPSA) is 40.5 Å². The average Bonchev–Trinajstić information content (AvgIpc) is 1.85. The summed E-state index contributed by atoms with van der Waals surface area (Å²) in [4.78, 5) is 10.6. The molecule has 0 spiro atoms. The van der Waals surface area contributed by atoms with Gasteiger partial charge < -0.3 is 10.0 Å². The molecule has 0 heterocycles. The highest BCUT2D eigenvalue weighted by Crippen LogP contribution is 1.86. The highest BCUT2D eigenvalue weighted by atomic mass is 16.3. The van der Waals surface area contributed by atoms with Gasteiger partial charge in [0.05, 0.1) is 0 Å². The molecule has 0 atom stereocenters. The van der Waals surface area contributed by atoms with Gasteiger partial charge in [-0.1, -0.05) is 13.3 Å².